The molecule has 2 rings (SSSR count). The zero-order valence-electron chi connectivity index (χ0n) is 8.31. The SMILES string of the molecule is CN(C)c1nnc(-c2cccnc2I)s1. The summed E-state index contributed by atoms with van der Waals surface area (Å²) in [5.74, 6) is 0. The molecule has 0 atom stereocenters. The van der Waals surface area contributed by atoms with Gasteiger partial charge in [-0.3, -0.25) is 0 Å². The first-order valence-electron chi connectivity index (χ1n) is 4.30. The third-order valence-electron chi connectivity index (χ3n) is 1.79. The molecule has 15 heavy (non-hydrogen) atoms. The summed E-state index contributed by atoms with van der Waals surface area (Å²) in [7, 11) is 3.91. The van der Waals surface area contributed by atoms with Crippen LogP contribution >= 0.6 is 33.9 Å². The Kier molecular flexibility index (Phi) is 3.15. The Labute approximate surface area is 106 Å². The summed E-state index contributed by atoms with van der Waals surface area (Å²) < 4.78 is 0.955. The van der Waals surface area contributed by atoms with Crippen molar-refractivity contribution < 1.29 is 0 Å². The normalized spacial score (nSPS) is 10.3. The second kappa shape index (κ2) is 4.40. The predicted molar refractivity (Wildman–Crippen MR) is 70.2 cm³/mol. The number of nitrogens with zero attached hydrogens (tertiary/aromatic N) is 4. The van der Waals surface area contributed by atoms with Crippen molar-refractivity contribution in [2.75, 3.05) is 19.0 Å². The summed E-state index contributed by atoms with van der Waals surface area (Å²) in [6, 6.07) is 3.92. The molecule has 0 fully saturated rings. The quantitative estimate of drug-likeness (QED) is 0.625. The number of halogens is 1. The van der Waals surface area contributed by atoms with E-state index < -0.39 is 0 Å². The molecule has 4 nitrogen and oxygen atoms in total. The van der Waals surface area contributed by atoms with Crippen molar-refractivity contribution >= 4 is 39.1 Å². The maximum Gasteiger partial charge on any atom is 0.208 e. The van der Waals surface area contributed by atoms with E-state index in [2.05, 4.69) is 37.8 Å². The fourth-order valence-corrected chi connectivity index (χ4v) is 2.62. The van der Waals surface area contributed by atoms with Gasteiger partial charge in [0.25, 0.3) is 0 Å². The molecule has 0 aromatic carbocycles. The van der Waals surface area contributed by atoms with Crippen LogP contribution in [-0.2, 0) is 0 Å². The molecule has 2 heterocycles. The molecule has 0 N–H and O–H groups in total. The molecule has 2 aromatic rings. The molecule has 0 amide bonds. The largest absolute Gasteiger partial charge is 0.353 e. The zero-order chi connectivity index (χ0) is 10.8. The monoisotopic (exact) mass is 332 g/mol. The molecule has 0 aliphatic rings. The van der Waals surface area contributed by atoms with Crippen LogP contribution in [0.3, 0.4) is 0 Å². The first-order valence-corrected chi connectivity index (χ1v) is 6.19. The van der Waals surface area contributed by atoms with Crippen molar-refractivity contribution in [3.8, 4) is 10.6 Å². The maximum absolute atomic E-state index is 4.22. The van der Waals surface area contributed by atoms with Gasteiger partial charge >= 0.3 is 0 Å². The topological polar surface area (TPSA) is 41.9 Å². The Morgan fingerprint density at radius 2 is 2.13 bits per heavy atom. The number of hydrogen-bond donors (Lipinski definition) is 0. The van der Waals surface area contributed by atoms with Crippen LogP contribution in [0.1, 0.15) is 0 Å². The van der Waals surface area contributed by atoms with E-state index in [0.29, 0.717) is 0 Å². The summed E-state index contributed by atoms with van der Waals surface area (Å²) in [4.78, 5) is 6.17. The molecule has 0 saturated carbocycles. The highest BCUT2D eigenvalue weighted by atomic mass is 127. The van der Waals surface area contributed by atoms with Gasteiger partial charge in [0, 0.05) is 25.9 Å². The lowest BCUT2D eigenvalue weighted by Gasteiger charge is -2.03. The summed E-state index contributed by atoms with van der Waals surface area (Å²) in [5.41, 5.74) is 1.05. The van der Waals surface area contributed by atoms with Crippen molar-refractivity contribution in [1.29, 1.82) is 0 Å². The Morgan fingerprint density at radius 3 is 2.73 bits per heavy atom. The minimum Gasteiger partial charge on any atom is -0.353 e. The Morgan fingerprint density at radius 1 is 1.33 bits per heavy atom. The van der Waals surface area contributed by atoms with Gasteiger partial charge in [-0.15, -0.1) is 10.2 Å². The third kappa shape index (κ3) is 2.25. The van der Waals surface area contributed by atoms with Crippen molar-refractivity contribution in [2.45, 2.75) is 0 Å². The average Bonchev–Trinajstić information content (AvgIpc) is 2.67. The van der Waals surface area contributed by atoms with Crippen molar-refractivity contribution in [3.05, 3.63) is 22.0 Å². The first kappa shape index (κ1) is 10.7. The lowest BCUT2D eigenvalue weighted by Crippen LogP contribution is -2.07. The number of hydrogen-bond acceptors (Lipinski definition) is 5. The van der Waals surface area contributed by atoms with Gasteiger partial charge in [0.2, 0.25) is 5.13 Å². The standard InChI is InChI=1S/C9H9IN4S/c1-14(2)9-13-12-8(15-9)6-4-3-5-11-7(6)10/h3-5H,1-2H3. The highest BCUT2D eigenvalue weighted by molar-refractivity contribution is 14.1. The van der Waals surface area contributed by atoms with Gasteiger partial charge in [-0.2, -0.15) is 0 Å². The summed E-state index contributed by atoms with van der Waals surface area (Å²) in [5, 5.41) is 10.1. The number of anilines is 1. The highest BCUT2D eigenvalue weighted by Gasteiger charge is 2.10. The van der Waals surface area contributed by atoms with Crippen LogP contribution in [0.5, 0.6) is 0 Å². The van der Waals surface area contributed by atoms with E-state index in [4.69, 9.17) is 0 Å². The first-order chi connectivity index (χ1) is 7.18. The van der Waals surface area contributed by atoms with Crippen molar-refractivity contribution in [2.24, 2.45) is 0 Å². The molecule has 0 spiro atoms. The Hall–Kier alpha value is -0.760. The Bertz CT molecular complexity index is 469. The van der Waals surface area contributed by atoms with E-state index in [1.165, 1.54) is 0 Å². The number of pyridine rings is 1. The summed E-state index contributed by atoms with van der Waals surface area (Å²) in [6.45, 7) is 0. The predicted octanol–water partition coefficient (Wildman–Crippen LogP) is 2.27. The molecule has 2 aromatic heterocycles. The van der Waals surface area contributed by atoms with Crippen molar-refractivity contribution in [3.63, 3.8) is 0 Å². The molecule has 0 unspecified atom stereocenters. The van der Waals surface area contributed by atoms with Crippen LogP contribution < -0.4 is 4.90 Å². The van der Waals surface area contributed by atoms with Crippen LogP contribution in [0.15, 0.2) is 18.3 Å². The molecular formula is C9H9IN4S. The molecule has 0 aliphatic heterocycles. The summed E-state index contributed by atoms with van der Waals surface area (Å²) in [6.07, 6.45) is 1.78. The molecule has 0 saturated heterocycles. The van der Waals surface area contributed by atoms with Gasteiger partial charge in [-0.25, -0.2) is 4.98 Å². The second-order valence-electron chi connectivity index (χ2n) is 3.13. The number of aromatic nitrogens is 3. The van der Waals surface area contributed by atoms with Gasteiger partial charge < -0.3 is 4.90 Å². The van der Waals surface area contributed by atoms with E-state index in [9.17, 15) is 0 Å². The van der Waals surface area contributed by atoms with Gasteiger partial charge in [-0.05, 0) is 34.7 Å². The zero-order valence-corrected chi connectivity index (χ0v) is 11.3. The van der Waals surface area contributed by atoms with Crippen LogP contribution in [-0.4, -0.2) is 29.3 Å². The number of rotatable bonds is 2. The molecule has 0 aliphatic carbocycles. The average molecular weight is 332 g/mol. The molecule has 6 heteroatoms. The lowest BCUT2D eigenvalue weighted by molar-refractivity contribution is 1.02. The van der Waals surface area contributed by atoms with Crippen molar-refractivity contribution in [1.82, 2.24) is 15.2 Å². The van der Waals surface area contributed by atoms with Gasteiger partial charge in [-0.1, -0.05) is 11.3 Å². The van der Waals surface area contributed by atoms with Crippen LogP contribution in [0.2, 0.25) is 0 Å². The maximum atomic E-state index is 4.22. The Balaban J connectivity index is 2.42. The smallest absolute Gasteiger partial charge is 0.208 e. The van der Waals surface area contributed by atoms with Gasteiger partial charge in [0.05, 0.1) is 0 Å². The second-order valence-corrected chi connectivity index (χ2v) is 5.10. The van der Waals surface area contributed by atoms with Gasteiger partial charge in [0.15, 0.2) is 5.01 Å². The molecular weight excluding hydrogens is 323 g/mol. The fourth-order valence-electron chi connectivity index (χ4n) is 1.05. The summed E-state index contributed by atoms with van der Waals surface area (Å²) >= 11 is 3.77. The van der Waals surface area contributed by atoms with E-state index in [0.717, 1.165) is 19.4 Å². The van der Waals surface area contributed by atoms with E-state index in [1.54, 1.807) is 17.5 Å². The fraction of sp³-hybridized carbons (Fsp3) is 0.222. The highest BCUT2D eigenvalue weighted by Crippen LogP contribution is 2.29. The molecule has 0 radical (unpaired) electrons. The van der Waals surface area contributed by atoms with Crippen LogP contribution in [0.25, 0.3) is 10.6 Å². The molecule has 78 valence electrons. The van der Waals surface area contributed by atoms with E-state index >= 15 is 0 Å². The van der Waals surface area contributed by atoms with Gasteiger partial charge in [0.1, 0.15) is 3.70 Å². The minimum atomic E-state index is 0.907. The third-order valence-corrected chi connectivity index (χ3v) is 3.77. The van der Waals surface area contributed by atoms with Crippen LogP contribution in [0.4, 0.5) is 5.13 Å². The van der Waals surface area contributed by atoms with E-state index in [-0.39, 0.29) is 0 Å². The lowest BCUT2D eigenvalue weighted by atomic mass is 10.3. The van der Waals surface area contributed by atoms with Crippen LogP contribution in [0, 0.1) is 3.70 Å². The minimum absolute atomic E-state index is 0.907. The van der Waals surface area contributed by atoms with E-state index in [1.807, 2.05) is 31.1 Å². The molecule has 0 bridgehead atoms.